The van der Waals surface area contributed by atoms with Crippen LogP contribution in [0.2, 0.25) is 0 Å². The molecule has 0 amide bonds. The number of nitrogens with zero attached hydrogens (tertiary/aromatic N) is 4. The van der Waals surface area contributed by atoms with Crippen molar-refractivity contribution in [3.05, 3.63) is 211 Å². The average Bonchev–Trinajstić information content (AvgIpc) is 4.03. The molecule has 0 fully saturated rings. The van der Waals surface area contributed by atoms with Gasteiger partial charge in [0.2, 0.25) is 0 Å². The average molecular weight is 792 g/mol. The third-order valence-corrected chi connectivity index (χ3v) is 11.9. The van der Waals surface area contributed by atoms with Crippen LogP contribution < -0.4 is 4.57 Å². The Bertz CT molecular complexity index is 3570. The van der Waals surface area contributed by atoms with E-state index in [9.17, 15) is 0 Å². The summed E-state index contributed by atoms with van der Waals surface area (Å²) in [6, 6.07) is 58.4. The van der Waals surface area contributed by atoms with Gasteiger partial charge >= 0.3 is 0 Å². The zero-order chi connectivity index (χ0) is 43.7. The predicted octanol–water partition coefficient (Wildman–Crippen LogP) is 13.5. The van der Waals surface area contributed by atoms with Crippen molar-refractivity contribution in [2.45, 2.75) is 39.5 Å². The largest absolute Gasteiger partial charge is 0.464 e. The minimum atomic E-state index is -2.33. The van der Waals surface area contributed by atoms with Crippen molar-refractivity contribution in [1.82, 2.24) is 14.1 Å². The Labute approximate surface area is 359 Å². The molecule has 0 atom stereocenters. The summed E-state index contributed by atoms with van der Waals surface area (Å²) in [6.45, 7) is 4.27. The summed E-state index contributed by atoms with van der Waals surface area (Å²) in [5, 5.41) is 3.30. The second-order valence-electron chi connectivity index (χ2n) is 16.9. The van der Waals surface area contributed by atoms with Crippen LogP contribution in [0, 0.1) is 13.2 Å². The fourth-order valence-electron chi connectivity index (χ4n) is 8.96. The zero-order valence-electron chi connectivity index (χ0n) is 37.2. The van der Waals surface area contributed by atoms with E-state index in [1.54, 1.807) is 6.26 Å². The van der Waals surface area contributed by atoms with Crippen molar-refractivity contribution in [1.29, 1.82) is 0 Å². The number of rotatable bonds is 7. The minimum absolute atomic E-state index is 0.114. The molecule has 61 heavy (non-hydrogen) atoms. The van der Waals surface area contributed by atoms with Crippen LogP contribution >= 0.6 is 0 Å². The van der Waals surface area contributed by atoms with Gasteiger partial charge in [-0.1, -0.05) is 160 Å². The van der Waals surface area contributed by atoms with Crippen LogP contribution in [0.15, 0.2) is 187 Å². The normalized spacial score (nSPS) is 12.9. The Hall–Kier alpha value is -7.50. The van der Waals surface area contributed by atoms with Gasteiger partial charge in [-0.25, -0.2) is 4.98 Å². The van der Waals surface area contributed by atoms with E-state index in [4.69, 9.17) is 13.5 Å². The summed E-state index contributed by atoms with van der Waals surface area (Å²) in [4.78, 5) is 4.87. The lowest BCUT2D eigenvalue weighted by Crippen LogP contribution is -2.31. The number of pyridine rings is 1. The molecule has 294 valence electrons. The standard InChI is InChI=1S/C56H44N4O/c1-37-30-47(40-15-6-5-7-16-40)54(48(31-37)41-17-13-18-42(35-41)56(2,3)4)59-36-58(50-22-10-11-23-51(50)59)43-19-12-14-38(33-43)32-39-24-25-45-44-20-8-9-21-49(44)60(52(45)34-39)55-46-27-29-61-53(46)26-28-57-55/h5-31,33-35H,32H2,1-4H3/i1D3. The first kappa shape index (κ1) is 33.3. The molecule has 0 saturated carbocycles. The molecule has 0 bridgehead atoms. The van der Waals surface area contributed by atoms with Gasteiger partial charge in [0.1, 0.15) is 11.4 Å². The van der Waals surface area contributed by atoms with Gasteiger partial charge in [-0.2, -0.15) is 0 Å². The first-order valence-corrected chi connectivity index (χ1v) is 20.7. The summed E-state index contributed by atoms with van der Waals surface area (Å²) in [7, 11) is 0. The Balaban J connectivity index is 1.07. The number of aromatic nitrogens is 4. The number of aryl methyl sites for hydroxylation is 1. The van der Waals surface area contributed by atoms with E-state index in [1.165, 1.54) is 16.3 Å². The van der Waals surface area contributed by atoms with Crippen LogP contribution in [0.1, 0.15) is 47.1 Å². The predicted molar refractivity (Wildman–Crippen MR) is 249 cm³/mol. The lowest BCUT2D eigenvalue weighted by atomic mass is 9.84. The molecule has 4 heterocycles. The van der Waals surface area contributed by atoms with E-state index in [2.05, 4.69) is 150 Å². The summed E-state index contributed by atoms with van der Waals surface area (Å²) < 4.78 is 38.1. The highest BCUT2D eigenvalue weighted by molar-refractivity contribution is 6.10. The summed E-state index contributed by atoms with van der Waals surface area (Å²) in [5.74, 6) is 0.841. The fourth-order valence-corrected chi connectivity index (χ4v) is 8.96. The van der Waals surface area contributed by atoms with Crippen molar-refractivity contribution in [3.8, 4) is 39.4 Å². The maximum Gasteiger partial charge on any atom is 0.269 e. The van der Waals surface area contributed by atoms with E-state index in [1.807, 2.05) is 66.9 Å². The van der Waals surface area contributed by atoms with Crippen LogP contribution in [-0.2, 0) is 11.8 Å². The highest BCUT2D eigenvalue weighted by Crippen LogP contribution is 2.38. The van der Waals surface area contributed by atoms with Gasteiger partial charge in [0, 0.05) is 21.1 Å². The van der Waals surface area contributed by atoms with Crippen LogP contribution in [0.25, 0.3) is 83.3 Å². The number of benzene rings is 7. The third-order valence-electron chi connectivity index (χ3n) is 11.9. The van der Waals surface area contributed by atoms with Gasteiger partial charge in [-0.3, -0.25) is 13.7 Å². The molecule has 0 aliphatic heterocycles. The van der Waals surface area contributed by atoms with Crippen molar-refractivity contribution in [2.24, 2.45) is 0 Å². The van der Waals surface area contributed by atoms with Crippen molar-refractivity contribution in [3.63, 3.8) is 0 Å². The van der Waals surface area contributed by atoms with Gasteiger partial charge in [-0.05, 0) is 94.0 Å². The number of hydrogen-bond acceptors (Lipinski definition) is 2. The third kappa shape index (κ3) is 6.32. The van der Waals surface area contributed by atoms with Gasteiger partial charge in [0.15, 0.2) is 0 Å². The molecule has 0 aliphatic carbocycles. The van der Waals surface area contributed by atoms with Gasteiger partial charge in [0.05, 0.1) is 45.1 Å². The van der Waals surface area contributed by atoms with E-state index >= 15 is 0 Å². The van der Waals surface area contributed by atoms with E-state index in [-0.39, 0.29) is 11.0 Å². The first-order chi connectivity index (χ1) is 31.0. The molecule has 11 rings (SSSR count). The second kappa shape index (κ2) is 14.4. The highest BCUT2D eigenvalue weighted by atomic mass is 16.3. The Kier molecular flexibility index (Phi) is 7.85. The van der Waals surface area contributed by atoms with Crippen molar-refractivity contribution >= 4 is 43.8 Å². The molecular weight excluding hydrogens is 745 g/mol. The smallest absolute Gasteiger partial charge is 0.269 e. The highest BCUT2D eigenvalue weighted by Gasteiger charge is 2.22. The fraction of sp³-hybridized carbons (Fsp3) is 0.107. The molecule has 4 aromatic heterocycles. The molecule has 0 N–H and O–H groups in total. The quantitative estimate of drug-likeness (QED) is 0.119. The summed E-state index contributed by atoms with van der Waals surface area (Å²) in [6.07, 6.45) is 8.02. The first-order valence-electron chi connectivity index (χ1n) is 22.2. The zero-order valence-corrected chi connectivity index (χ0v) is 34.2. The minimum Gasteiger partial charge on any atom is -0.464 e. The van der Waals surface area contributed by atoms with E-state index in [0.29, 0.717) is 6.42 Å². The molecular formula is C56H44N4O. The number of hydrogen-bond donors (Lipinski definition) is 0. The lowest BCUT2D eigenvalue weighted by Gasteiger charge is -2.22. The van der Waals surface area contributed by atoms with Crippen molar-refractivity contribution < 1.29 is 13.1 Å². The van der Waals surface area contributed by atoms with E-state index in [0.717, 1.165) is 83.6 Å². The molecule has 0 aliphatic rings. The van der Waals surface area contributed by atoms with Crippen LogP contribution in [0.4, 0.5) is 0 Å². The number of para-hydroxylation sites is 3. The molecule has 0 spiro atoms. The SMILES string of the molecule is [2H]C([2H])([2H])c1cc(-c2ccccc2)c(-[n+]2[c-]n(-c3cccc(Cc4ccc5c6ccccc6n(-c6nccc7occc67)c5c4)c3)c3ccccc32)c(-c2cccc(C(C)(C)C)c2)c1. The van der Waals surface area contributed by atoms with Gasteiger partial charge < -0.3 is 4.42 Å². The van der Waals surface area contributed by atoms with Gasteiger partial charge in [-0.15, -0.1) is 0 Å². The van der Waals surface area contributed by atoms with Crippen LogP contribution in [0.3, 0.4) is 0 Å². The molecule has 11 aromatic rings. The van der Waals surface area contributed by atoms with Crippen LogP contribution in [0.5, 0.6) is 0 Å². The van der Waals surface area contributed by atoms with E-state index < -0.39 is 6.85 Å². The monoisotopic (exact) mass is 791 g/mol. The lowest BCUT2D eigenvalue weighted by molar-refractivity contribution is -0.571. The molecule has 5 heteroatoms. The molecule has 7 aromatic carbocycles. The second-order valence-corrected chi connectivity index (χ2v) is 16.9. The molecule has 5 nitrogen and oxygen atoms in total. The number of fused-ring (bicyclic) bond motifs is 5. The summed E-state index contributed by atoms with van der Waals surface area (Å²) >= 11 is 0. The number of imidazole rings is 1. The Morgan fingerprint density at radius 2 is 1.38 bits per heavy atom. The van der Waals surface area contributed by atoms with Gasteiger partial charge in [0.25, 0.3) is 6.33 Å². The van der Waals surface area contributed by atoms with Crippen molar-refractivity contribution in [2.75, 3.05) is 0 Å². The molecule has 0 unspecified atom stereocenters. The molecule has 0 saturated heterocycles. The topological polar surface area (TPSA) is 39.8 Å². The van der Waals surface area contributed by atoms with Crippen LogP contribution in [-0.4, -0.2) is 14.1 Å². The molecule has 0 radical (unpaired) electrons. The number of furan rings is 1. The maximum absolute atomic E-state index is 8.60. The summed E-state index contributed by atoms with van der Waals surface area (Å²) in [5.41, 5.74) is 13.9. The maximum atomic E-state index is 8.60. The Morgan fingerprint density at radius 1 is 0.639 bits per heavy atom. The Morgan fingerprint density at radius 3 is 2.23 bits per heavy atom.